The lowest BCUT2D eigenvalue weighted by atomic mass is 10.0. The molecule has 4 rings (SSSR count). The topological polar surface area (TPSA) is 107 Å². The number of phenolic OH excluding ortho intramolecular Hbond substituents is 1. The Hall–Kier alpha value is -3.42. The number of carbonyl (C=O) groups is 1. The zero-order chi connectivity index (χ0) is 19.0. The SMILES string of the molecule is CNC(=O)c1n[nH]c2c1CN(c1cc(C)nc(-c3ccccc3O)n1)CC2. The van der Waals surface area contributed by atoms with Crippen LogP contribution in [0.1, 0.15) is 27.4 Å². The lowest BCUT2D eigenvalue weighted by Gasteiger charge is -2.28. The van der Waals surface area contributed by atoms with Crippen LogP contribution in [-0.2, 0) is 13.0 Å². The van der Waals surface area contributed by atoms with Crippen molar-refractivity contribution in [3.63, 3.8) is 0 Å². The summed E-state index contributed by atoms with van der Waals surface area (Å²) in [6.07, 6.45) is 0.744. The molecule has 0 radical (unpaired) electrons. The molecule has 138 valence electrons. The van der Waals surface area contributed by atoms with E-state index in [4.69, 9.17) is 0 Å². The van der Waals surface area contributed by atoms with Gasteiger partial charge in [-0.1, -0.05) is 12.1 Å². The number of carbonyl (C=O) groups excluding carboxylic acids is 1. The summed E-state index contributed by atoms with van der Waals surface area (Å²) < 4.78 is 0. The van der Waals surface area contributed by atoms with Gasteiger partial charge < -0.3 is 15.3 Å². The summed E-state index contributed by atoms with van der Waals surface area (Å²) >= 11 is 0. The normalized spacial score (nSPS) is 13.3. The van der Waals surface area contributed by atoms with Crippen LogP contribution in [0.5, 0.6) is 5.75 Å². The number of H-pyrrole nitrogens is 1. The van der Waals surface area contributed by atoms with E-state index in [2.05, 4.69) is 30.4 Å². The van der Waals surface area contributed by atoms with Gasteiger partial charge in [0.1, 0.15) is 11.6 Å². The van der Waals surface area contributed by atoms with Gasteiger partial charge in [0.15, 0.2) is 11.5 Å². The molecule has 8 heteroatoms. The molecule has 1 amide bonds. The summed E-state index contributed by atoms with van der Waals surface area (Å²) in [5.41, 5.74) is 3.69. The van der Waals surface area contributed by atoms with Crippen LogP contribution in [0.25, 0.3) is 11.4 Å². The second-order valence-corrected chi connectivity index (χ2v) is 6.49. The Bertz CT molecular complexity index is 1010. The summed E-state index contributed by atoms with van der Waals surface area (Å²) in [6, 6.07) is 8.93. The molecule has 0 bridgehead atoms. The number of aryl methyl sites for hydroxylation is 1. The van der Waals surface area contributed by atoms with E-state index < -0.39 is 0 Å². The first-order valence-corrected chi connectivity index (χ1v) is 8.74. The summed E-state index contributed by atoms with van der Waals surface area (Å²) in [5.74, 6) is 1.18. The standard InChI is InChI=1S/C19H20N6O2/c1-11-9-16(22-18(21-11)12-5-3-4-6-15(12)26)25-8-7-14-13(10-25)17(24-23-14)19(27)20-2/h3-6,9,26H,7-8,10H2,1-2H3,(H,20,27)(H,23,24). The number of hydrogen-bond acceptors (Lipinski definition) is 6. The number of anilines is 1. The van der Waals surface area contributed by atoms with Crippen molar-refractivity contribution >= 4 is 11.7 Å². The van der Waals surface area contributed by atoms with Gasteiger partial charge in [0, 0.05) is 49.6 Å². The smallest absolute Gasteiger partial charge is 0.271 e. The van der Waals surface area contributed by atoms with Gasteiger partial charge >= 0.3 is 0 Å². The lowest BCUT2D eigenvalue weighted by Crippen LogP contribution is -2.32. The molecule has 1 aliphatic rings. The number of aromatic nitrogens is 4. The van der Waals surface area contributed by atoms with Crippen molar-refractivity contribution in [3.8, 4) is 17.1 Å². The van der Waals surface area contributed by atoms with E-state index in [-0.39, 0.29) is 11.7 Å². The third-order valence-corrected chi connectivity index (χ3v) is 4.69. The zero-order valence-corrected chi connectivity index (χ0v) is 15.2. The molecule has 1 aliphatic heterocycles. The van der Waals surface area contributed by atoms with E-state index in [0.717, 1.165) is 35.7 Å². The van der Waals surface area contributed by atoms with Crippen molar-refractivity contribution in [2.45, 2.75) is 19.9 Å². The van der Waals surface area contributed by atoms with Gasteiger partial charge in [-0.05, 0) is 19.1 Å². The number of aromatic amines is 1. The summed E-state index contributed by atoms with van der Waals surface area (Å²) in [7, 11) is 1.59. The molecular formula is C19H20N6O2. The van der Waals surface area contributed by atoms with Crippen LogP contribution in [0, 0.1) is 6.92 Å². The maximum Gasteiger partial charge on any atom is 0.271 e. The van der Waals surface area contributed by atoms with E-state index in [1.165, 1.54) is 0 Å². The van der Waals surface area contributed by atoms with E-state index in [9.17, 15) is 9.90 Å². The molecule has 3 heterocycles. The van der Waals surface area contributed by atoms with E-state index in [1.54, 1.807) is 25.2 Å². The summed E-state index contributed by atoms with van der Waals surface area (Å²) in [5, 5.41) is 19.9. The van der Waals surface area contributed by atoms with Gasteiger partial charge in [0.2, 0.25) is 0 Å². The van der Waals surface area contributed by atoms with Gasteiger partial charge in [0.25, 0.3) is 5.91 Å². The quantitative estimate of drug-likeness (QED) is 0.654. The molecule has 0 spiro atoms. The number of nitrogens with one attached hydrogen (secondary N) is 2. The first-order valence-electron chi connectivity index (χ1n) is 8.74. The maximum atomic E-state index is 12.1. The van der Waals surface area contributed by atoms with Crippen molar-refractivity contribution < 1.29 is 9.90 Å². The Morgan fingerprint density at radius 3 is 2.89 bits per heavy atom. The van der Waals surface area contributed by atoms with E-state index >= 15 is 0 Å². The molecule has 0 aliphatic carbocycles. The second-order valence-electron chi connectivity index (χ2n) is 6.49. The fraction of sp³-hybridized carbons (Fsp3) is 0.263. The lowest BCUT2D eigenvalue weighted by molar-refractivity contribution is 0.0957. The molecule has 3 aromatic rings. The number of phenols is 1. The maximum absolute atomic E-state index is 12.1. The van der Waals surface area contributed by atoms with Crippen molar-refractivity contribution in [1.29, 1.82) is 0 Å². The predicted molar refractivity (Wildman–Crippen MR) is 101 cm³/mol. The highest BCUT2D eigenvalue weighted by molar-refractivity contribution is 5.93. The van der Waals surface area contributed by atoms with Crippen molar-refractivity contribution in [2.75, 3.05) is 18.5 Å². The average Bonchev–Trinajstić information content (AvgIpc) is 3.10. The van der Waals surface area contributed by atoms with Crippen LogP contribution in [0.15, 0.2) is 30.3 Å². The molecule has 0 saturated carbocycles. The highest BCUT2D eigenvalue weighted by Crippen LogP contribution is 2.29. The van der Waals surface area contributed by atoms with Crippen molar-refractivity contribution in [3.05, 3.63) is 53.0 Å². The minimum atomic E-state index is -0.205. The Balaban J connectivity index is 1.70. The number of amides is 1. The third-order valence-electron chi connectivity index (χ3n) is 4.69. The van der Waals surface area contributed by atoms with Crippen LogP contribution in [0.2, 0.25) is 0 Å². The molecule has 27 heavy (non-hydrogen) atoms. The molecule has 0 atom stereocenters. The van der Waals surface area contributed by atoms with Crippen LogP contribution < -0.4 is 10.2 Å². The fourth-order valence-electron chi connectivity index (χ4n) is 3.29. The summed E-state index contributed by atoms with van der Waals surface area (Å²) in [6.45, 7) is 3.18. The van der Waals surface area contributed by atoms with Crippen LogP contribution >= 0.6 is 0 Å². The Kier molecular flexibility index (Phi) is 4.23. The van der Waals surface area contributed by atoms with Crippen LogP contribution in [0.4, 0.5) is 5.82 Å². The first kappa shape index (κ1) is 17.0. The number of nitrogens with zero attached hydrogens (tertiary/aromatic N) is 4. The second kappa shape index (κ2) is 6.71. The molecule has 0 unspecified atom stereocenters. The number of benzene rings is 1. The molecule has 0 fully saturated rings. The first-order chi connectivity index (χ1) is 13.1. The number of hydrogen-bond donors (Lipinski definition) is 3. The highest BCUT2D eigenvalue weighted by atomic mass is 16.3. The monoisotopic (exact) mass is 364 g/mol. The van der Waals surface area contributed by atoms with E-state index in [1.807, 2.05) is 19.1 Å². The third kappa shape index (κ3) is 3.10. The minimum absolute atomic E-state index is 0.145. The fourth-order valence-corrected chi connectivity index (χ4v) is 3.29. The number of rotatable bonds is 3. The minimum Gasteiger partial charge on any atom is -0.507 e. The van der Waals surface area contributed by atoms with Crippen LogP contribution in [0.3, 0.4) is 0 Å². The van der Waals surface area contributed by atoms with Gasteiger partial charge in [-0.25, -0.2) is 9.97 Å². The average molecular weight is 364 g/mol. The van der Waals surface area contributed by atoms with E-state index in [0.29, 0.717) is 23.6 Å². The Labute approximate surface area is 156 Å². The van der Waals surface area contributed by atoms with Gasteiger partial charge in [-0.15, -0.1) is 0 Å². The highest BCUT2D eigenvalue weighted by Gasteiger charge is 2.26. The molecule has 0 saturated heterocycles. The molecule has 8 nitrogen and oxygen atoms in total. The number of fused-ring (bicyclic) bond motifs is 1. The largest absolute Gasteiger partial charge is 0.507 e. The summed E-state index contributed by atoms with van der Waals surface area (Å²) in [4.78, 5) is 23.3. The van der Waals surface area contributed by atoms with Gasteiger partial charge in [0.05, 0.1) is 5.56 Å². The van der Waals surface area contributed by atoms with Crippen LogP contribution in [-0.4, -0.2) is 44.8 Å². The molecule has 3 N–H and O–H groups in total. The van der Waals surface area contributed by atoms with Gasteiger partial charge in [-0.3, -0.25) is 9.89 Å². The van der Waals surface area contributed by atoms with Crippen molar-refractivity contribution in [2.24, 2.45) is 0 Å². The molecule has 1 aromatic carbocycles. The molecular weight excluding hydrogens is 344 g/mol. The Morgan fingerprint density at radius 2 is 2.11 bits per heavy atom. The van der Waals surface area contributed by atoms with Gasteiger partial charge in [-0.2, -0.15) is 5.10 Å². The number of para-hydroxylation sites is 1. The Morgan fingerprint density at radius 1 is 1.30 bits per heavy atom. The zero-order valence-electron chi connectivity index (χ0n) is 15.2. The predicted octanol–water partition coefficient (Wildman–Crippen LogP) is 1.80. The molecule has 2 aromatic heterocycles. The number of aromatic hydroxyl groups is 1. The van der Waals surface area contributed by atoms with Crippen molar-refractivity contribution in [1.82, 2.24) is 25.5 Å².